The van der Waals surface area contributed by atoms with Crippen molar-refractivity contribution in [3.05, 3.63) is 48.3 Å². The summed E-state index contributed by atoms with van der Waals surface area (Å²) in [6.07, 6.45) is 1.45. The van der Waals surface area contributed by atoms with E-state index in [1.807, 2.05) is 0 Å². The third-order valence-corrected chi connectivity index (χ3v) is 4.14. The fraction of sp³-hybridized carbons (Fsp3) is 0.0769. The van der Waals surface area contributed by atoms with E-state index >= 15 is 0 Å². The Balaban J connectivity index is 2.27. The highest BCUT2D eigenvalue weighted by Gasteiger charge is 2.14. The lowest BCUT2D eigenvalue weighted by Crippen LogP contribution is -2.19. The predicted octanol–water partition coefficient (Wildman–Crippen LogP) is 0.824. The summed E-state index contributed by atoms with van der Waals surface area (Å²) in [6.45, 7) is 0. The van der Waals surface area contributed by atoms with Crippen molar-refractivity contribution in [3.63, 3.8) is 0 Å². The van der Waals surface area contributed by atoms with Crippen molar-refractivity contribution in [1.82, 2.24) is 9.71 Å². The third-order valence-electron chi connectivity index (χ3n) is 2.72. The number of sulfonamides is 1. The molecule has 1 amide bonds. The number of nitrogen functional groups attached to an aromatic ring is 1. The Labute approximate surface area is 122 Å². The van der Waals surface area contributed by atoms with Crippen LogP contribution < -0.4 is 15.8 Å². The molecule has 0 spiro atoms. The molecule has 1 aromatic heterocycles. The molecule has 1 heterocycles. The van der Waals surface area contributed by atoms with Crippen LogP contribution in [0.5, 0.6) is 0 Å². The number of carbonyl (C=O) groups is 1. The Morgan fingerprint density at radius 2 is 2.00 bits per heavy atom. The van der Waals surface area contributed by atoms with Crippen molar-refractivity contribution in [2.24, 2.45) is 0 Å². The standard InChI is InChI=1S/C13H14N4O3S/c1-15-21(19,20)10-5-2-4-9(8-10)17-13(18)12-11(14)6-3-7-16-12/h2-8,15H,14H2,1H3,(H,17,18). The van der Waals surface area contributed by atoms with Crippen LogP contribution in [0.4, 0.5) is 11.4 Å². The van der Waals surface area contributed by atoms with Gasteiger partial charge in [0.1, 0.15) is 0 Å². The highest BCUT2D eigenvalue weighted by molar-refractivity contribution is 7.89. The molecule has 0 unspecified atom stereocenters. The van der Waals surface area contributed by atoms with Gasteiger partial charge in [0.15, 0.2) is 5.69 Å². The molecule has 0 saturated carbocycles. The van der Waals surface area contributed by atoms with E-state index in [2.05, 4.69) is 15.0 Å². The number of rotatable bonds is 4. The molecule has 8 heteroatoms. The molecule has 0 saturated heterocycles. The van der Waals surface area contributed by atoms with E-state index in [-0.39, 0.29) is 16.3 Å². The minimum absolute atomic E-state index is 0.0526. The number of hydrogen-bond donors (Lipinski definition) is 3. The first kappa shape index (κ1) is 14.9. The molecule has 0 aliphatic heterocycles. The van der Waals surface area contributed by atoms with E-state index in [0.29, 0.717) is 5.69 Å². The van der Waals surface area contributed by atoms with E-state index in [9.17, 15) is 13.2 Å². The number of pyridine rings is 1. The van der Waals surface area contributed by atoms with E-state index in [0.717, 1.165) is 0 Å². The summed E-state index contributed by atoms with van der Waals surface area (Å²) in [5, 5.41) is 2.56. The van der Waals surface area contributed by atoms with Gasteiger partial charge in [0, 0.05) is 11.9 Å². The van der Waals surface area contributed by atoms with E-state index < -0.39 is 15.9 Å². The normalized spacial score (nSPS) is 11.1. The zero-order chi connectivity index (χ0) is 15.5. The largest absolute Gasteiger partial charge is 0.397 e. The fourth-order valence-electron chi connectivity index (χ4n) is 1.66. The Kier molecular flexibility index (Phi) is 4.20. The van der Waals surface area contributed by atoms with E-state index in [1.165, 1.54) is 31.4 Å². The summed E-state index contributed by atoms with van der Waals surface area (Å²) in [5.74, 6) is -0.507. The lowest BCUT2D eigenvalue weighted by atomic mass is 10.2. The highest BCUT2D eigenvalue weighted by atomic mass is 32.2. The maximum absolute atomic E-state index is 12.0. The van der Waals surface area contributed by atoms with Crippen molar-refractivity contribution >= 4 is 27.3 Å². The van der Waals surface area contributed by atoms with Crippen LogP contribution in [-0.2, 0) is 10.0 Å². The average molecular weight is 306 g/mol. The van der Waals surface area contributed by atoms with Crippen molar-refractivity contribution in [1.29, 1.82) is 0 Å². The Morgan fingerprint density at radius 3 is 2.67 bits per heavy atom. The third kappa shape index (κ3) is 3.36. The maximum atomic E-state index is 12.0. The number of benzene rings is 1. The van der Waals surface area contributed by atoms with Crippen LogP contribution in [0.25, 0.3) is 0 Å². The number of aromatic nitrogens is 1. The smallest absolute Gasteiger partial charge is 0.276 e. The number of carbonyl (C=O) groups excluding carboxylic acids is 1. The number of nitrogens with zero attached hydrogens (tertiary/aromatic N) is 1. The first-order valence-corrected chi connectivity index (χ1v) is 7.48. The summed E-state index contributed by atoms with van der Waals surface area (Å²) < 4.78 is 25.6. The highest BCUT2D eigenvalue weighted by Crippen LogP contribution is 2.17. The molecule has 0 fully saturated rings. The molecule has 0 aliphatic carbocycles. The summed E-state index contributed by atoms with van der Waals surface area (Å²) in [5.41, 5.74) is 6.33. The summed E-state index contributed by atoms with van der Waals surface area (Å²) >= 11 is 0. The van der Waals surface area contributed by atoms with Gasteiger partial charge in [0.25, 0.3) is 5.91 Å². The quantitative estimate of drug-likeness (QED) is 0.774. The lowest BCUT2D eigenvalue weighted by molar-refractivity contribution is 0.102. The van der Waals surface area contributed by atoms with E-state index in [1.54, 1.807) is 18.2 Å². The SMILES string of the molecule is CNS(=O)(=O)c1cccc(NC(=O)c2ncccc2N)c1. The molecule has 21 heavy (non-hydrogen) atoms. The Hall–Kier alpha value is -2.45. The van der Waals surface area contributed by atoms with Gasteiger partial charge in [-0.2, -0.15) is 0 Å². The number of nitrogens with one attached hydrogen (secondary N) is 2. The second-order valence-electron chi connectivity index (χ2n) is 4.13. The zero-order valence-electron chi connectivity index (χ0n) is 11.2. The van der Waals surface area contributed by atoms with Gasteiger partial charge in [-0.05, 0) is 37.4 Å². The molecular formula is C13H14N4O3S. The molecule has 0 radical (unpaired) electrons. The Morgan fingerprint density at radius 1 is 1.24 bits per heavy atom. The molecule has 2 aromatic rings. The van der Waals surface area contributed by atoms with Crippen LogP contribution in [0.2, 0.25) is 0 Å². The fourth-order valence-corrected chi connectivity index (χ4v) is 2.43. The number of anilines is 2. The number of nitrogens with two attached hydrogens (primary N) is 1. The second-order valence-corrected chi connectivity index (χ2v) is 6.02. The van der Waals surface area contributed by atoms with Gasteiger partial charge in [-0.1, -0.05) is 6.07 Å². The van der Waals surface area contributed by atoms with Crippen molar-refractivity contribution in [3.8, 4) is 0 Å². The second kappa shape index (κ2) is 5.90. The molecule has 7 nitrogen and oxygen atoms in total. The first-order chi connectivity index (χ1) is 9.94. The van der Waals surface area contributed by atoms with Crippen LogP contribution >= 0.6 is 0 Å². The van der Waals surface area contributed by atoms with E-state index in [4.69, 9.17) is 5.73 Å². The maximum Gasteiger partial charge on any atom is 0.276 e. The predicted molar refractivity (Wildman–Crippen MR) is 79.3 cm³/mol. The minimum Gasteiger partial charge on any atom is -0.397 e. The van der Waals surface area contributed by atoms with Crippen LogP contribution in [0, 0.1) is 0 Å². The molecule has 0 bridgehead atoms. The van der Waals surface area contributed by atoms with Crippen molar-refractivity contribution in [2.45, 2.75) is 4.90 Å². The van der Waals surface area contributed by atoms with Gasteiger partial charge in [-0.15, -0.1) is 0 Å². The van der Waals surface area contributed by atoms with Crippen LogP contribution in [0.15, 0.2) is 47.5 Å². The first-order valence-electron chi connectivity index (χ1n) is 5.99. The summed E-state index contributed by atoms with van der Waals surface area (Å²) in [7, 11) is -2.26. The monoisotopic (exact) mass is 306 g/mol. The topological polar surface area (TPSA) is 114 Å². The lowest BCUT2D eigenvalue weighted by Gasteiger charge is -2.08. The molecule has 4 N–H and O–H groups in total. The van der Waals surface area contributed by atoms with Crippen LogP contribution in [0.3, 0.4) is 0 Å². The molecular weight excluding hydrogens is 292 g/mol. The van der Waals surface area contributed by atoms with Crippen LogP contribution in [0.1, 0.15) is 10.5 Å². The molecule has 1 aromatic carbocycles. The number of hydrogen-bond acceptors (Lipinski definition) is 5. The van der Waals surface area contributed by atoms with Gasteiger partial charge < -0.3 is 11.1 Å². The number of amides is 1. The molecule has 110 valence electrons. The zero-order valence-corrected chi connectivity index (χ0v) is 12.0. The molecule has 0 aliphatic rings. The van der Waals surface area contributed by atoms with Crippen LogP contribution in [-0.4, -0.2) is 26.4 Å². The summed E-state index contributed by atoms with van der Waals surface area (Å²) in [6, 6.07) is 9.06. The minimum atomic E-state index is -3.57. The van der Waals surface area contributed by atoms with Gasteiger partial charge in [-0.3, -0.25) is 4.79 Å². The average Bonchev–Trinajstić information content (AvgIpc) is 2.48. The van der Waals surface area contributed by atoms with Gasteiger partial charge in [0.2, 0.25) is 10.0 Å². The van der Waals surface area contributed by atoms with Gasteiger partial charge in [0.05, 0.1) is 10.6 Å². The van der Waals surface area contributed by atoms with Crippen molar-refractivity contribution in [2.75, 3.05) is 18.1 Å². The van der Waals surface area contributed by atoms with Gasteiger partial charge in [-0.25, -0.2) is 18.1 Å². The Bertz CT molecular complexity index is 774. The summed E-state index contributed by atoms with van der Waals surface area (Å²) in [4.78, 5) is 16.0. The van der Waals surface area contributed by atoms with Crippen molar-refractivity contribution < 1.29 is 13.2 Å². The molecule has 2 rings (SSSR count). The van der Waals surface area contributed by atoms with Gasteiger partial charge >= 0.3 is 0 Å². The molecule has 0 atom stereocenters.